The molecule has 1 saturated heterocycles. The Morgan fingerprint density at radius 2 is 1.97 bits per heavy atom. The van der Waals surface area contributed by atoms with Crippen LogP contribution in [0.5, 0.6) is 0 Å². The lowest BCUT2D eigenvalue weighted by Gasteiger charge is -2.23. The van der Waals surface area contributed by atoms with E-state index in [0.29, 0.717) is 22.1 Å². The van der Waals surface area contributed by atoms with Crippen molar-refractivity contribution in [2.45, 2.75) is 25.3 Å². The molecule has 0 radical (unpaired) electrons. The van der Waals surface area contributed by atoms with Crippen molar-refractivity contribution in [2.24, 2.45) is 0 Å². The molecule has 2 aromatic carbocycles. The number of aromatic nitrogens is 1. The van der Waals surface area contributed by atoms with E-state index in [1.807, 2.05) is 29.6 Å². The zero-order valence-corrected chi connectivity index (χ0v) is 19.8. The first-order chi connectivity index (χ1) is 16.5. The smallest absolute Gasteiger partial charge is 0.346 e. The van der Waals surface area contributed by atoms with Crippen LogP contribution in [0.25, 0.3) is 21.3 Å². The highest BCUT2D eigenvalue weighted by Gasteiger charge is 2.29. The molecule has 2 N–H and O–H groups in total. The lowest BCUT2D eigenvalue weighted by atomic mass is 10.0. The maximum atomic E-state index is 13.2. The highest BCUT2D eigenvalue weighted by molar-refractivity contribution is 7.21. The molecular weight excluding hydrogens is 473 g/mol. The van der Waals surface area contributed by atoms with Gasteiger partial charge in [-0.1, -0.05) is 18.2 Å². The van der Waals surface area contributed by atoms with Crippen molar-refractivity contribution >= 4 is 49.8 Å². The van der Waals surface area contributed by atoms with Crippen molar-refractivity contribution in [3.05, 3.63) is 70.2 Å². The van der Waals surface area contributed by atoms with E-state index in [4.69, 9.17) is 0 Å². The number of amides is 1. The maximum Gasteiger partial charge on any atom is 0.346 e. The Labute approximate surface area is 203 Å². The fraction of sp³-hybridized carbons (Fsp3) is 0.240. The number of anilines is 1. The highest BCUT2D eigenvalue weighted by atomic mass is 32.1. The van der Waals surface area contributed by atoms with E-state index in [0.717, 1.165) is 40.6 Å². The van der Waals surface area contributed by atoms with Gasteiger partial charge in [-0.25, -0.2) is 14.2 Å². The summed E-state index contributed by atoms with van der Waals surface area (Å²) in [6.45, 7) is 1.02. The molecule has 9 heteroatoms. The molecule has 1 atom stereocenters. The SMILES string of the molecule is O=C(CN1CCC[C@@H]1Cc1c(C(=O)O)sc2ccccc12)Nc1nc(-c2ccc(F)cc2)cs1. The largest absolute Gasteiger partial charge is 0.477 e. The van der Waals surface area contributed by atoms with Gasteiger partial charge in [-0.2, -0.15) is 0 Å². The van der Waals surface area contributed by atoms with Gasteiger partial charge in [0.25, 0.3) is 0 Å². The molecule has 1 aliphatic heterocycles. The van der Waals surface area contributed by atoms with Crippen molar-refractivity contribution in [1.29, 1.82) is 0 Å². The minimum atomic E-state index is -0.904. The van der Waals surface area contributed by atoms with Crippen molar-refractivity contribution in [1.82, 2.24) is 9.88 Å². The number of nitrogens with zero attached hydrogens (tertiary/aromatic N) is 2. The molecule has 1 fully saturated rings. The van der Waals surface area contributed by atoms with Crippen LogP contribution in [-0.2, 0) is 11.2 Å². The van der Waals surface area contributed by atoms with Crippen molar-refractivity contribution in [3.8, 4) is 11.3 Å². The molecule has 6 nitrogen and oxygen atoms in total. The third kappa shape index (κ3) is 4.72. The molecule has 1 amide bonds. The van der Waals surface area contributed by atoms with Crippen LogP contribution in [0.15, 0.2) is 53.9 Å². The minimum absolute atomic E-state index is 0.105. The fourth-order valence-electron chi connectivity index (χ4n) is 4.47. The molecule has 4 aromatic rings. The van der Waals surface area contributed by atoms with E-state index >= 15 is 0 Å². The molecule has 34 heavy (non-hydrogen) atoms. The topological polar surface area (TPSA) is 82.5 Å². The number of halogens is 1. The van der Waals surface area contributed by atoms with E-state index in [9.17, 15) is 19.1 Å². The fourth-order valence-corrected chi connectivity index (χ4v) is 6.28. The van der Waals surface area contributed by atoms with Crippen molar-refractivity contribution in [3.63, 3.8) is 0 Å². The molecule has 3 heterocycles. The number of hydrogen-bond donors (Lipinski definition) is 2. The summed E-state index contributed by atoms with van der Waals surface area (Å²) in [4.78, 5) is 31.6. The maximum absolute atomic E-state index is 13.2. The molecule has 0 unspecified atom stereocenters. The molecule has 0 bridgehead atoms. The van der Waals surface area contributed by atoms with Crippen LogP contribution >= 0.6 is 22.7 Å². The Hall–Kier alpha value is -3.14. The summed E-state index contributed by atoms with van der Waals surface area (Å²) in [7, 11) is 0. The number of carboxylic acids is 1. The summed E-state index contributed by atoms with van der Waals surface area (Å²) in [5.74, 6) is -1.36. The van der Waals surface area contributed by atoms with E-state index < -0.39 is 5.97 Å². The van der Waals surface area contributed by atoms with Gasteiger partial charge >= 0.3 is 5.97 Å². The van der Waals surface area contributed by atoms with Gasteiger partial charge in [-0.3, -0.25) is 9.69 Å². The molecule has 2 aromatic heterocycles. The Bertz CT molecular complexity index is 1350. The van der Waals surface area contributed by atoms with Gasteiger partial charge in [0.05, 0.1) is 12.2 Å². The van der Waals surface area contributed by atoms with E-state index in [1.165, 1.54) is 34.8 Å². The van der Waals surface area contributed by atoms with Gasteiger partial charge in [-0.05, 0) is 67.1 Å². The van der Waals surface area contributed by atoms with E-state index in [-0.39, 0.29) is 24.3 Å². The number of fused-ring (bicyclic) bond motifs is 1. The second-order valence-corrected chi connectivity index (χ2v) is 10.2. The minimum Gasteiger partial charge on any atom is -0.477 e. The summed E-state index contributed by atoms with van der Waals surface area (Å²) in [6.07, 6.45) is 2.49. The number of nitrogens with one attached hydrogen (secondary N) is 1. The third-order valence-electron chi connectivity index (χ3n) is 6.07. The first kappa shape index (κ1) is 22.6. The van der Waals surface area contributed by atoms with Gasteiger partial charge < -0.3 is 10.4 Å². The summed E-state index contributed by atoms with van der Waals surface area (Å²) >= 11 is 2.64. The first-order valence-corrected chi connectivity index (χ1v) is 12.7. The second kappa shape index (κ2) is 9.61. The van der Waals surface area contributed by atoms with Crippen LogP contribution < -0.4 is 5.32 Å². The summed E-state index contributed by atoms with van der Waals surface area (Å²) < 4.78 is 14.1. The molecule has 1 aliphatic rings. The number of hydrogen-bond acceptors (Lipinski definition) is 6. The number of likely N-dealkylation sites (tertiary alicyclic amines) is 1. The number of thiazole rings is 1. The number of carbonyl (C=O) groups excluding carboxylic acids is 1. The monoisotopic (exact) mass is 495 g/mol. The van der Waals surface area contributed by atoms with Crippen LogP contribution in [0.3, 0.4) is 0 Å². The highest BCUT2D eigenvalue weighted by Crippen LogP contribution is 2.34. The first-order valence-electron chi connectivity index (χ1n) is 11.0. The summed E-state index contributed by atoms with van der Waals surface area (Å²) in [5, 5.41) is 15.9. The zero-order chi connectivity index (χ0) is 23.7. The molecule has 0 spiro atoms. The molecule has 174 valence electrons. The Morgan fingerprint density at radius 3 is 2.76 bits per heavy atom. The Kier molecular flexibility index (Phi) is 6.40. The van der Waals surface area contributed by atoms with Gasteiger partial charge in [-0.15, -0.1) is 22.7 Å². The van der Waals surface area contributed by atoms with Gasteiger partial charge in [0, 0.05) is 21.7 Å². The third-order valence-corrected chi connectivity index (χ3v) is 8.03. The van der Waals surface area contributed by atoms with Gasteiger partial charge in [0.2, 0.25) is 5.91 Å². The number of carbonyl (C=O) groups is 2. The Balaban J connectivity index is 1.26. The normalized spacial score (nSPS) is 16.2. The number of rotatable bonds is 7. The lowest BCUT2D eigenvalue weighted by Crippen LogP contribution is -2.38. The van der Waals surface area contributed by atoms with Crippen LogP contribution in [0.2, 0.25) is 0 Å². The van der Waals surface area contributed by atoms with Crippen LogP contribution in [-0.4, -0.2) is 46.0 Å². The Morgan fingerprint density at radius 1 is 1.18 bits per heavy atom. The number of aromatic carboxylic acids is 1. The number of thiophene rings is 1. The molecule has 0 saturated carbocycles. The second-order valence-electron chi connectivity index (χ2n) is 8.27. The molecule has 5 rings (SSSR count). The predicted molar refractivity (Wildman–Crippen MR) is 133 cm³/mol. The van der Waals surface area contributed by atoms with Crippen LogP contribution in [0.1, 0.15) is 28.1 Å². The average Bonchev–Trinajstić information content (AvgIpc) is 3.54. The van der Waals surface area contributed by atoms with Gasteiger partial charge in [0.15, 0.2) is 5.13 Å². The molecule has 0 aliphatic carbocycles. The summed E-state index contributed by atoms with van der Waals surface area (Å²) in [6, 6.07) is 13.9. The van der Waals surface area contributed by atoms with Gasteiger partial charge in [0.1, 0.15) is 10.7 Å². The van der Waals surface area contributed by atoms with Crippen LogP contribution in [0.4, 0.5) is 9.52 Å². The van der Waals surface area contributed by atoms with Crippen molar-refractivity contribution < 1.29 is 19.1 Å². The number of benzene rings is 2. The predicted octanol–water partition coefficient (Wildman–Crippen LogP) is 5.51. The van der Waals surface area contributed by atoms with E-state index in [2.05, 4.69) is 15.2 Å². The average molecular weight is 496 g/mol. The van der Waals surface area contributed by atoms with E-state index in [1.54, 1.807) is 12.1 Å². The quantitative estimate of drug-likeness (QED) is 0.353. The lowest BCUT2D eigenvalue weighted by molar-refractivity contribution is -0.117. The van der Waals surface area contributed by atoms with Crippen LogP contribution in [0, 0.1) is 5.82 Å². The van der Waals surface area contributed by atoms with Crippen molar-refractivity contribution in [2.75, 3.05) is 18.4 Å². The standard InChI is InChI=1S/C25H22FN3O3S2/c26-16-9-7-15(8-10-16)20-14-33-25(27-20)28-22(30)13-29-11-3-4-17(29)12-19-18-5-1-2-6-21(18)34-23(19)24(31)32/h1-2,5-10,14,17H,3-4,11-13H2,(H,31,32)(H,27,28,30)/t17-/m1/s1. The zero-order valence-electron chi connectivity index (χ0n) is 18.2. The molecular formula is C25H22FN3O3S2. The number of carboxylic acid groups (broad SMARTS) is 1. The summed E-state index contributed by atoms with van der Waals surface area (Å²) in [5.41, 5.74) is 2.33.